The monoisotopic (exact) mass is 315 g/mol. The van der Waals surface area contributed by atoms with Gasteiger partial charge in [-0.2, -0.15) is 0 Å². The molecule has 0 saturated heterocycles. The van der Waals surface area contributed by atoms with Gasteiger partial charge in [0.2, 0.25) is 5.91 Å². The molecule has 120 valence electrons. The Bertz CT molecular complexity index is 696. The van der Waals surface area contributed by atoms with Gasteiger partial charge in [0.25, 0.3) is 0 Å². The van der Waals surface area contributed by atoms with Crippen LogP contribution >= 0.6 is 0 Å². The molecule has 2 rings (SSSR count). The topological polar surface area (TPSA) is 55.4 Å². The number of hydrogen-bond acceptors (Lipinski definition) is 3. The lowest BCUT2D eigenvalue weighted by atomic mass is 10.1. The van der Waals surface area contributed by atoms with Crippen molar-refractivity contribution in [1.82, 2.24) is 0 Å². The molecule has 2 aromatic rings. The van der Waals surface area contributed by atoms with Gasteiger partial charge in [-0.1, -0.05) is 32.0 Å². The largest absolute Gasteiger partial charge is 0.457 e. The molecule has 0 radical (unpaired) electrons. The number of nitrogens with one attached hydrogen (secondary N) is 1. The first-order valence-corrected chi connectivity index (χ1v) is 7.28. The molecule has 2 aromatic carbocycles. The molecule has 0 aliphatic carbocycles. The first-order valence-electron chi connectivity index (χ1n) is 7.28. The maximum atomic E-state index is 12.8. The Morgan fingerprint density at radius 3 is 2.48 bits per heavy atom. The Balaban J connectivity index is 1.99. The molecule has 1 N–H and O–H groups in total. The summed E-state index contributed by atoms with van der Waals surface area (Å²) >= 11 is 0. The molecule has 4 nitrogen and oxygen atoms in total. The summed E-state index contributed by atoms with van der Waals surface area (Å²) in [5, 5.41) is 2.73. The molecule has 0 aliphatic heterocycles. The molecule has 0 aromatic heterocycles. The van der Waals surface area contributed by atoms with E-state index in [1.165, 1.54) is 12.1 Å². The number of carbonyl (C=O) groups is 2. The highest BCUT2D eigenvalue weighted by molar-refractivity contribution is 5.95. The number of esters is 1. The fraction of sp³-hybridized carbons (Fsp3) is 0.222. The average molecular weight is 315 g/mol. The summed E-state index contributed by atoms with van der Waals surface area (Å²) in [6.07, 6.45) is 0. The zero-order valence-electron chi connectivity index (χ0n) is 13.0. The second kappa shape index (κ2) is 7.54. The van der Waals surface area contributed by atoms with E-state index in [0.717, 1.165) is 0 Å². The predicted molar refractivity (Wildman–Crippen MR) is 85.4 cm³/mol. The number of rotatable bonds is 5. The number of ether oxygens (including phenoxy) is 1. The first kappa shape index (κ1) is 16.7. The van der Waals surface area contributed by atoms with E-state index in [9.17, 15) is 14.0 Å². The molecule has 0 atom stereocenters. The van der Waals surface area contributed by atoms with Crippen LogP contribution in [0, 0.1) is 11.7 Å². The Hall–Kier alpha value is -2.69. The van der Waals surface area contributed by atoms with Crippen LogP contribution in [0.2, 0.25) is 0 Å². The quantitative estimate of drug-likeness (QED) is 0.854. The number of hydrogen-bond donors (Lipinski definition) is 1. The molecule has 23 heavy (non-hydrogen) atoms. The molecule has 0 aliphatic rings. The van der Waals surface area contributed by atoms with Gasteiger partial charge >= 0.3 is 5.97 Å². The Morgan fingerprint density at radius 2 is 1.83 bits per heavy atom. The fourth-order valence-electron chi connectivity index (χ4n) is 1.82. The van der Waals surface area contributed by atoms with Crippen LogP contribution in [0.4, 0.5) is 10.1 Å². The summed E-state index contributed by atoms with van der Waals surface area (Å²) in [7, 11) is 0. The van der Waals surface area contributed by atoms with Crippen LogP contribution in [0.1, 0.15) is 29.8 Å². The lowest BCUT2D eigenvalue weighted by Crippen LogP contribution is -2.18. The third-order valence-electron chi connectivity index (χ3n) is 3.17. The minimum Gasteiger partial charge on any atom is -0.457 e. The highest BCUT2D eigenvalue weighted by Crippen LogP contribution is 2.14. The fourth-order valence-corrected chi connectivity index (χ4v) is 1.82. The lowest BCUT2D eigenvalue weighted by Gasteiger charge is -2.09. The van der Waals surface area contributed by atoms with Crippen molar-refractivity contribution < 1.29 is 18.7 Å². The standard InChI is InChI=1S/C18H18FNO3/c1-12(2)17(21)20-16-5-3-4-14(10-16)18(22)23-11-13-6-8-15(19)9-7-13/h3-10,12H,11H2,1-2H3,(H,20,21). The minimum absolute atomic E-state index is 0.0572. The van der Waals surface area contributed by atoms with Crippen molar-refractivity contribution >= 4 is 17.6 Å². The summed E-state index contributed by atoms with van der Waals surface area (Å²) in [5.41, 5.74) is 1.58. The number of halogens is 1. The second-order valence-corrected chi connectivity index (χ2v) is 5.43. The van der Waals surface area contributed by atoms with Crippen molar-refractivity contribution in [2.75, 3.05) is 5.32 Å². The Morgan fingerprint density at radius 1 is 1.13 bits per heavy atom. The van der Waals surface area contributed by atoms with E-state index in [1.807, 2.05) is 0 Å². The predicted octanol–water partition coefficient (Wildman–Crippen LogP) is 3.78. The van der Waals surface area contributed by atoms with Crippen LogP contribution in [0.25, 0.3) is 0 Å². The van der Waals surface area contributed by atoms with Gasteiger partial charge in [0.15, 0.2) is 0 Å². The Kier molecular flexibility index (Phi) is 5.46. The molecule has 0 bridgehead atoms. The summed E-state index contributed by atoms with van der Waals surface area (Å²) in [5.74, 6) is -1.12. The zero-order chi connectivity index (χ0) is 16.8. The smallest absolute Gasteiger partial charge is 0.338 e. The molecule has 1 amide bonds. The SMILES string of the molecule is CC(C)C(=O)Nc1cccc(C(=O)OCc2ccc(F)cc2)c1. The summed E-state index contributed by atoms with van der Waals surface area (Å²) < 4.78 is 18.0. The van der Waals surface area contributed by atoms with Gasteiger partial charge in [-0.15, -0.1) is 0 Å². The molecule has 5 heteroatoms. The summed E-state index contributed by atoms with van der Waals surface area (Å²) in [6.45, 7) is 3.63. The number of anilines is 1. The maximum Gasteiger partial charge on any atom is 0.338 e. The average Bonchev–Trinajstić information content (AvgIpc) is 2.54. The van der Waals surface area contributed by atoms with Gasteiger partial charge in [-0.3, -0.25) is 4.79 Å². The van der Waals surface area contributed by atoms with Crippen LogP contribution in [-0.4, -0.2) is 11.9 Å². The van der Waals surface area contributed by atoms with Gasteiger partial charge < -0.3 is 10.1 Å². The highest BCUT2D eigenvalue weighted by atomic mass is 19.1. The molecule has 0 unspecified atom stereocenters. The Labute approximate surface area is 134 Å². The van der Waals surface area contributed by atoms with Crippen LogP contribution in [0.3, 0.4) is 0 Å². The van der Waals surface area contributed by atoms with Crippen LogP contribution < -0.4 is 5.32 Å². The maximum absolute atomic E-state index is 12.8. The van der Waals surface area contributed by atoms with E-state index in [-0.39, 0.29) is 24.2 Å². The van der Waals surface area contributed by atoms with Crippen LogP contribution in [0.5, 0.6) is 0 Å². The van der Waals surface area contributed by atoms with Crippen LogP contribution in [0.15, 0.2) is 48.5 Å². The van der Waals surface area contributed by atoms with Crippen molar-refractivity contribution in [3.05, 3.63) is 65.5 Å². The van der Waals surface area contributed by atoms with Gasteiger partial charge in [-0.25, -0.2) is 9.18 Å². The lowest BCUT2D eigenvalue weighted by molar-refractivity contribution is -0.118. The van der Waals surface area contributed by atoms with Crippen molar-refractivity contribution in [2.45, 2.75) is 20.5 Å². The van der Waals surface area contributed by atoms with E-state index in [0.29, 0.717) is 16.8 Å². The normalized spacial score (nSPS) is 10.4. The van der Waals surface area contributed by atoms with E-state index in [4.69, 9.17) is 4.74 Å². The van der Waals surface area contributed by atoms with Gasteiger partial charge in [0, 0.05) is 11.6 Å². The van der Waals surface area contributed by atoms with Crippen LogP contribution in [-0.2, 0) is 16.1 Å². The third kappa shape index (κ3) is 4.92. The van der Waals surface area contributed by atoms with Crippen molar-refractivity contribution in [3.8, 4) is 0 Å². The van der Waals surface area contributed by atoms with E-state index in [1.54, 1.807) is 50.2 Å². The molecular weight excluding hydrogens is 297 g/mol. The van der Waals surface area contributed by atoms with Crippen molar-refractivity contribution in [3.63, 3.8) is 0 Å². The molecule has 0 saturated carbocycles. The third-order valence-corrected chi connectivity index (χ3v) is 3.17. The van der Waals surface area contributed by atoms with E-state index >= 15 is 0 Å². The molecule has 0 fully saturated rings. The van der Waals surface area contributed by atoms with E-state index < -0.39 is 5.97 Å². The minimum atomic E-state index is -0.505. The first-order chi connectivity index (χ1) is 11.0. The second-order valence-electron chi connectivity index (χ2n) is 5.43. The highest BCUT2D eigenvalue weighted by Gasteiger charge is 2.11. The summed E-state index contributed by atoms with van der Waals surface area (Å²) in [4.78, 5) is 23.7. The van der Waals surface area contributed by atoms with Gasteiger partial charge in [0.05, 0.1) is 5.56 Å². The van der Waals surface area contributed by atoms with E-state index in [2.05, 4.69) is 5.32 Å². The summed E-state index contributed by atoms with van der Waals surface area (Å²) in [6, 6.07) is 12.3. The molecule has 0 spiro atoms. The van der Waals surface area contributed by atoms with Crippen molar-refractivity contribution in [1.29, 1.82) is 0 Å². The number of carbonyl (C=O) groups excluding carboxylic acids is 2. The van der Waals surface area contributed by atoms with Gasteiger partial charge in [-0.05, 0) is 35.9 Å². The van der Waals surface area contributed by atoms with Gasteiger partial charge in [0.1, 0.15) is 12.4 Å². The van der Waals surface area contributed by atoms with Crippen molar-refractivity contribution in [2.24, 2.45) is 5.92 Å². The number of benzene rings is 2. The zero-order valence-corrected chi connectivity index (χ0v) is 13.0. The molecule has 0 heterocycles. The molecular formula is C18H18FNO3. The number of amides is 1.